The Morgan fingerprint density at radius 2 is 2.27 bits per heavy atom. The molecule has 1 fully saturated rings. The summed E-state index contributed by atoms with van der Waals surface area (Å²) in [6.07, 6.45) is 3.00. The lowest BCUT2D eigenvalue weighted by Crippen LogP contribution is -2.38. The van der Waals surface area contributed by atoms with Crippen molar-refractivity contribution in [1.82, 2.24) is 30.8 Å². The van der Waals surface area contributed by atoms with Gasteiger partial charge in [0.1, 0.15) is 11.8 Å². The Morgan fingerprint density at radius 3 is 3.07 bits per heavy atom. The highest BCUT2D eigenvalue weighted by Crippen LogP contribution is 2.22. The van der Waals surface area contributed by atoms with E-state index in [2.05, 4.69) is 30.8 Å². The largest absolute Gasteiger partial charge is 0.342 e. The molecule has 0 radical (unpaired) electrons. The fourth-order valence-electron chi connectivity index (χ4n) is 1.85. The third kappa shape index (κ3) is 1.29. The van der Waals surface area contributed by atoms with Gasteiger partial charge in [0.25, 0.3) is 0 Å². The van der Waals surface area contributed by atoms with Gasteiger partial charge in [-0.05, 0) is 0 Å². The number of aromatic nitrogens is 4. The molecule has 7 heteroatoms. The van der Waals surface area contributed by atoms with Crippen LogP contribution in [-0.2, 0) is 0 Å². The fraction of sp³-hybridized carbons (Fsp3) is 0.375. The molecule has 0 spiro atoms. The number of nitrogens with zero attached hydrogens (tertiary/aromatic N) is 3. The summed E-state index contributed by atoms with van der Waals surface area (Å²) in [5.41, 5.74) is 14.3. The van der Waals surface area contributed by atoms with Crippen LogP contribution in [-0.4, -0.2) is 32.6 Å². The number of nitrogens with two attached hydrogens (primary N) is 1. The quantitative estimate of drug-likeness (QED) is 0.467. The third-order valence-corrected chi connectivity index (χ3v) is 2.63. The van der Waals surface area contributed by atoms with Gasteiger partial charge >= 0.3 is 0 Å². The number of rotatable bonds is 1. The highest BCUT2D eigenvalue weighted by atomic mass is 15.4. The maximum Gasteiger partial charge on any atom is 0.180 e. The summed E-state index contributed by atoms with van der Waals surface area (Å²) in [6.45, 7) is 0.756. The zero-order valence-corrected chi connectivity index (χ0v) is 7.94. The summed E-state index contributed by atoms with van der Waals surface area (Å²) < 4.78 is 0. The monoisotopic (exact) mass is 205 g/mol. The molecule has 2 unspecified atom stereocenters. The molecule has 0 saturated carbocycles. The Bertz CT molecular complexity index is 479. The topological polar surface area (TPSA) is 105 Å². The number of hydrogen-bond donors (Lipinski definition) is 4. The van der Waals surface area contributed by atoms with Gasteiger partial charge in [-0.15, -0.1) is 0 Å². The number of hydrazine groups is 1. The number of aromatic amines is 1. The number of hydrogen-bond acceptors (Lipinski definition) is 6. The Morgan fingerprint density at radius 1 is 1.33 bits per heavy atom. The van der Waals surface area contributed by atoms with Gasteiger partial charge < -0.3 is 10.7 Å². The summed E-state index contributed by atoms with van der Waals surface area (Å²) in [5.74, 6) is 0.135. The predicted octanol–water partition coefficient (Wildman–Crippen LogP) is -1.17. The maximum absolute atomic E-state index is 5.90. The number of H-pyrrole nitrogens is 1. The van der Waals surface area contributed by atoms with Crippen LogP contribution in [0, 0.1) is 0 Å². The van der Waals surface area contributed by atoms with Crippen molar-refractivity contribution in [3.8, 4) is 0 Å². The molecule has 78 valence electrons. The average molecular weight is 205 g/mol. The molecule has 7 nitrogen and oxygen atoms in total. The molecular weight excluding hydrogens is 194 g/mol. The SMILES string of the molecule is NC1NNCC1c1ncnc2nc[nH]c12. The summed E-state index contributed by atoms with van der Waals surface area (Å²) in [5, 5.41) is 0. The lowest BCUT2D eigenvalue weighted by molar-refractivity contribution is 0.542. The standard InChI is InChI=1S/C8H11N7/c9-7-4(1-14-15-7)5-6-8(12-2-10-5)13-3-11-6/h2-4,7,14-15H,1,9H2,(H,10,11,12,13). The van der Waals surface area contributed by atoms with E-state index in [0.29, 0.717) is 5.65 Å². The van der Waals surface area contributed by atoms with Crippen molar-refractivity contribution in [2.45, 2.75) is 12.1 Å². The minimum absolute atomic E-state index is 0.133. The molecule has 1 aliphatic rings. The van der Waals surface area contributed by atoms with Gasteiger partial charge in [0.2, 0.25) is 0 Å². The first-order valence-corrected chi connectivity index (χ1v) is 4.74. The summed E-state index contributed by atoms with van der Waals surface area (Å²) >= 11 is 0. The van der Waals surface area contributed by atoms with E-state index in [9.17, 15) is 0 Å². The normalized spacial score (nSPS) is 26.2. The molecular formula is C8H11N7. The van der Waals surface area contributed by atoms with E-state index >= 15 is 0 Å². The first-order chi connectivity index (χ1) is 7.36. The first-order valence-electron chi connectivity index (χ1n) is 4.74. The zero-order chi connectivity index (χ0) is 10.3. The van der Waals surface area contributed by atoms with Gasteiger partial charge in [0, 0.05) is 12.5 Å². The van der Waals surface area contributed by atoms with Gasteiger partial charge in [-0.2, -0.15) is 0 Å². The molecule has 1 saturated heterocycles. The molecule has 3 heterocycles. The van der Waals surface area contributed by atoms with Gasteiger partial charge in [0.05, 0.1) is 18.2 Å². The van der Waals surface area contributed by atoms with Gasteiger partial charge in [-0.3, -0.25) is 5.43 Å². The van der Waals surface area contributed by atoms with E-state index in [1.54, 1.807) is 6.33 Å². The van der Waals surface area contributed by atoms with E-state index in [1.165, 1.54) is 6.33 Å². The van der Waals surface area contributed by atoms with Gasteiger partial charge in [0.15, 0.2) is 5.65 Å². The van der Waals surface area contributed by atoms with Crippen LogP contribution in [0.3, 0.4) is 0 Å². The molecule has 1 aliphatic heterocycles. The summed E-state index contributed by atoms with van der Waals surface area (Å²) in [6, 6.07) is 0. The Balaban J connectivity index is 2.13. The van der Waals surface area contributed by atoms with Crippen LogP contribution in [0.2, 0.25) is 0 Å². The van der Waals surface area contributed by atoms with E-state index in [4.69, 9.17) is 5.73 Å². The molecule has 5 N–H and O–H groups in total. The van der Waals surface area contributed by atoms with Crippen LogP contribution in [0.1, 0.15) is 11.6 Å². The van der Waals surface area contributed by atoms with Gasteiger partial charge in [-0.1, -0.05) is 0 Å². The van der Waals surface area contributed by atoms with Crippen LogP contribution in [0.4, 0.5) is 0 Å². The second-order valence-electron chi connectivity index (χ2n) is 3.52. The van der Waals surface area contributed by atoms with Crippen LogP contribution in [0.15, 0.2) is 12.7 Å². The number of nitrogens with one attached hydrogen (secondary N) is 3. The highest BCUT2D eigenvalue weighted by Gasteiger charge is 2.28. The molecule has 0 aromatic carbocycles. The van der Waals surface area contributed by atoms with Crippen molar-refractivity contribution in [1.29, 1.82) is 0 Å². The summed E-state index contributed by atoms with van der Waals surface area (Å²) in [7, 11) is 0. The van der Waals surface area contributed by atoms with Crippen LogP contribution in [0.5, 0.6) is 0 Å². The lowest BCUT2D eigenvalue weighted by atomic mass is 10.0. The van der Waals surface area contributed by atoms with Crippen molar-refractivity contribution in [2.24, 2.45) is 5.73 Å². The van der Waals surface area contributed by atoms with Crippen molar-refractivity contribution >= 4 is 11.2 Å². The number of fused-ring (bicyclic) bond motifs is 1. The Kier molecular flexibility index (Phi) is 1.88. The van der Waals surface area contributed by atoms with Crippen LogP contribution in [0.25, 0.3) is 11.2 Å². The predicted molar refractivity (Wildman–Crippen MR) is 53.5 cm³/mol. The zero-order valence-electron chi connectivity index (χ0n) is 7.94. The lowest BCUT2D eigenvalue weighted by Gasteiger charge is -2.12. The average Bonchev–Trinajstić information content (AvgIpc) is 2.85. The van der Waals surface area contributed by atoms with Crippen molar-refractivity contribution in [3.05, 3.63) is 18.3 Å². The minimum atomic E-state index is -0.133. The van der Waals surface area contributed by atoms with Crippen molar-refractivity contribution < 1.29 is 0 Å². The Hall–Kier alpha value is -1.57. The van der Waals surface area contributed by atoms with Gasteiger partial charge in [-0.25, -0.2) is 20.4 Å². The molecule has 0 amide bonds. The molecule has 3 rings (SSSR count). The van der Waals surface area contributed by atoms with E-state index in [-0.39, 0.29) is 12.1 Å². The van der Waals surface area contributed by atoms with Crippen molar-refractivity contribution in [3.63, 3.8) is 0 Å². The Labute approximate surface area is 85.5 Å². The second-order valence-corrected chi connectivity index (χ2v) is 3.52. The number of imidazole rings is 1. The molecule has 0 aliphatic carbocycles. The van der Waals surface area contributed by atoms with E-state index < -0.39 is 0 Å². The van der Waals surface area contributed by atoms with Crippen molar-refractivity contribution in [2.75, 3.05) is 6.54 Å². The van der Waals surface area contributed by atoms with Crippen LogP contribution >= 0.6 is 0 Å². The molecule has 2 atom stereocenters. The molecule has 2 aromatic heterocycles. The van der Waals surface area contributed by atoms with Crippen LogP contribution < -0.4 is 16.6 Å². The fourth-order valence-corrected chi connectivity index (χ4v) is 1.85. The summed E-state index contributed by atoms with van der Waals surface area (Å²) in [4.78, 5) is 15.5. The molecule has 0 bridgehead atoms. The minimum Gasteiger partial charge on any atom is -0.342 e. The van der Waals surface area contributed by atoms with E-state index in [0.717, 1.165) is 17.8 Å². The maximum atomic E-state index is 5.90. The van der Waals surface area contributed by atoms with E-state index in [1.807, 2.05) is 0 Å². The molecule has 15 heavy (non-hydrogen) atoms. The third-order valence-electron chi connectivity index (χ3n) is 2.63. The second kappa shape index (κ2) is 3.23. The highest BCUT2D eigenvalue weighted by molar-refractivity contribution is 5.72. The molecule has 2 aromatic rings. The first kappa shape index (κ1) is 8.72. The smallest absolute Gasteiger partial charge is 0.180 e.